The van der Waals surface area contributed by atoms with E-state index in [1.807, 2.05) is 6.07 Å². The van der Waals surface area contributed by atoms with Crippen LogP contribution in [0, 0.1) is 5.92 Å². The van der Waals surface area contributed by atoms with E-state index in [2.05, 4.69) is 18.9 Å². The van der Waals surface area contributed by atoms with E-state index in [4.69, 9.17) is 11.5 Å². The molecule has 0 aliphatic heterocycles. The van der Waals surface area contributed by atoms with Gasteiger partial charge in [0, 0.05) is 18.7 Å². The highest BCUT2D eigenvalue weighted by atomic mass is 16.1. The van der Waals surface area contributed by atoms with Gasteiger partial charge in [-0.25, -0.2) is 0 Å². The molecule has 1 aromatic carbocycles. The van der Waals surface area contributed by atoms with Gasteiger partial charge in [0.25, 0.3) is 0 Å². The van der Waals surface area contributed by atoms with Crippen molar-refractivity contribution in [3.8, 4) is 0 Å². The summed E-state index contributed by atoms with van der Waals surface area (Å²) in [4.78, 5) is 13.4. The minimum Gasteiger partial charge on any atom is -0.397 e. The fraction of sp³-hybridized carbons (Fsp3) is 0.533. The SMILES string of the molecule is CC1CCCC(N(C)c2ccc(C(N)=O)cc2N)C1. The van der Waals surface area contributed by atoms with Gasteiger partial charge in [-0.05, 0) is 37.0 Å². The Hall–Kier alpha value is -1.71. The number of hydrogen-bond donors (Lipinski definition) is 2. The molecule has 4 heteroatoms. The van der Waals surface area contributed by atoms with Crippen molar-refractivity contribution in [2.45, 2.75) is 38.6 Å². The highest BCUT2D eigenvalue weighted by molar-refractivity contribution is 5.94. The molecule has 1 aliphatic rings. The number of rotatable bonds is 3. The second-order valence-corrected chi connectivity index (χ2v) is 5.67. The van der Waals surface area contributed by atoms with Crippen molar-refractivity contribution in [1.82, 2.24) is 0 Å². The van der Waals surface area contributed by atoms with Gasteiger partial charge in [-0.2, -0.15) is 0 Å². The Labute approximate surface area is 114 Å². The van der Waals surface area contributed by atoms with Crippen LogP contribution < -0.4 is 16.4 Å². The normalized spacial score (nSPS) is 23.1. The van der Waals surface area contributed by atoms with Crippen LogP contribution in [0.2, 0.25) is 0 Å². The summed E-state index contributed by atoms with van der Waals surface area (Å²) in [6.07, 6.45) is 5.00. The molecule has 104 valence electrons. The molecule has 4 nitrogen and oxygen atoms in total. The van der Waals surface area contributed by atoms with E-state index in [9.17, 15) is 4.79 Å². The fourth-order valence-electron chi connectivity index (χ4n) is 2.98. The van der Waals surface area contributed by atoms with Crippen molar-refractivity contribution < 1.29 is 4.79 Å². The minimum absolute atomic E-state index is 0.438. The second-order valence-electron chi connectivity index (χ2n) is 5.67. The molecule has 0 bridgehead atoms. The average molecular weight is 261 g/mol. The summed E-state index contributed by atoms with van der Waals surface area (Å²) in [5, 5.41) is 0. The van der Waals surface area contributed by atoms with Gasteiger partial charge in [0.2, 0.25) is 5.91 Å². The molecule has 1 fully saturated rings. The lowest BCUT2D eigenvalue weighted by Gasteiger charge is -2.36. The topological polar surface area (TPSA) is 72.3 Å². The number of anilines is 2. The number of amides is 1. The number of nitrogen functional groups attached to an aromatic ring is 1. The van der Waals surface area contributed by atoms with Crippen molar-refractivity contribution >= 4 is 17.3 Å². The second kappa shape index (κ2) is 5.51. The maximum Gasteiger partial charge on any atom is 0.248 e. The molecule has 4 N–H and O–H groups in total. The Morgan fingerprint density at radius 2 is 2.11 bits per heavy atom. The molecule has 2 unspecified atom stereocenters. The lowest BCUT2D eigenvalue weighted by atomic mass is 9.86. The molecule has 2 rings (SSSR count). The molecule has 1 aromatic rings. The van der Waals surface area contributed by atoms with Crippen LogP contribution in [0.4, 0.5) is 11.4 Å². The van der Waals surface area contributed by atoms with E-state index in [1.54, 1.807) is 12.1 Å². The van der Waals surface area contributed by atoms with Crippen LogP contribution in [0.25, 0.3) is 0 Å². The van der Waals surface area contributed by atoms with Gasteiger partial charge in [0.15, 0.2) is 0 Å². The van der Waals surface area contributed by atoms with E-state index in [0.717, 1.165) is 11.6 Å². The zero-order valence-electron chi connectivity index (χ0n) is 11.7. The fourth-order valence-corrected chi connectivity index (χ4v) is 2.98. The lowest BCUT2D eigenvalue weighted by molar-refractivity contribution is 0.100. The van der Waals surface area contributed by atoms with Gasteiger partial charge in [-0.15, -0.1) is 0 Å². The molecule has 19 heavy (non-hydrogen) atoms. The number of carbonyl (C=O) groups excluding carboxylic acids is 1. The van der Waals surface area contributed by atoms with Crippen LogP contribution >= 0.6 is 0 Å². The Morgan fingerprint density at radius 1 is 1.37 bits per heavy atom. The number of primary amides is 1. The van der Waals surface area contributed by atoms with Gasteiger partial charge in [0.1, 0.15) is 0 Å². The number of benzene rings is 1. The van der Waals surface area contributed by atoms with Crippen LogP contribution in [0.5, 0.6) is 0 Å². The zero-order valence-corrected chi connectivity index (χ0v) is 11.7. The maximum atomic E-state index is 11.1. The van der Waals surface area contributed by atoms with Crippen molar-refractivity contribution in [3.63, 3.8) is 0 Å². The minimum atomic E-state index is -0.438. The van der Waals surface area contributed by atoms with Gasteiger partial charge < -0.3 is 16.4 Å². The smallest absolute Gasteiger partial charge is 0.248 e. The van der Waals surface area contributed by atoms with Gasteiger partial charge >= 0.3 is 0 Å². The largest absolute Gasteiger partial charge is 0.397 e. The van der Waals surface area contributed by atoms with Crippen molar-refractivity contribution in [2.75, 3.05) is 17.7 Å². The number of carbonyl (C=O) groups is 1. The predicted molar refractivity (Wildman–Crippen MR) is 79.2 cm³/mol. The molecule has 0 aromatic heterocycles. The van der Waals surface area contributed by atoms with Crippen LogP contribution in [0.15, 0.2) is 18.2 Å². The first-order valence-corrected chi connectivity index (χ1v) is 6.91. The van der Waals surface area contributed by atoms with E-state index in [-0.39, 0.29) is 0 Å². The molecule has 0 heterocycles. The van der Waals surface area contributed by atoms with Crippen LogP contribution in [0.1, 0.15) is 43.0 Å². The van der Waals surface area contributed by atoms with E-state index in [1.165, 1.54) is 25.7 Å². The van der Waals surface area contributed by atoms with Crippen molar-refractivity contribution in [2.24, 2.45) is 11.7 Å². The summed E-state index contributed by atoms with van der Waals surface area (Å²) in [6, 6.07) is 5.84. The Bertz CT molecular complexity index is 472. The third kappa shape index (κ3) is 3.00. The van der Waals surface area contributed by atoms with Gasteiger partial charge in [-0.1, -0.05) is 19.8 Å². The van der Waals surface area contributed by atoms with E-state index in [0.29, 0.717) is 17.3 Å². The number of nitrogens with two attached hydrogens (primary N) is 2. The monoisotopic (exact) mass is 261 g/mol. The Kier molecular flexibility index (Phi) is 3.98. The summed E-state index contributed by atoms with van der Waals surface area (Å²) in [5.74, 6) is 0.333. The van der Waals surface area contributed by atoms with E-state index >= 15 is 0 Å². The van der Waals surface area contributed by atoms with Crippen LogP contribution in [-0.2, 0) is 0 Å². The quantitative estimate of drug-likeness (QED) is 0.820. The summed E-state index contributed by atoms with van der Waals surface area (Å²) >= 11 is 0. The molecule has 1 aliphatic carbocycles. The third-order valence-corrected chi connectivity index (χ3v) is 4.15. The number of nitrogens with zero attached hydrogens (tertiary/aromatic N) is 1. The summed E-state index contributed by atoms with van der Waals surface area (Å²) in [7, 11) is 2.08. The Balaban J connectivity index is 2.19. The summed E-state index contributed by atoms with van der Waals surface area (Å²) < 4.78 is 0. The van der Waals surface area contributed by atoms with Crippen LogP contribution in [0.3, 0.4) is 0 Å². The molecule has 0 spiro atoms. The van der Waals surface area contributed by atoms with Crippen LogP contribution in [-0.4, -0.2) is 19.0 Å². The molecule has 1 saturated carbocycles. The first-order chi connectivity index (χ1) is 8.99. The van der Waals surface area contributed by atoms with Crippen molar-refractivity contribution in [1.29, 1.82) is 0 Å². The number of hydrogen-bond acceptors (Lipinski definition) is 3. The summed E-state index contributed by atoms with van der Waals surface area (Å²) in [5.41, 5.74) is 13.4. The van der Waals surface area contributed by atoms with E-state index < -0.39 is 5.91 Å². The average Bonchev–Trinajstić information content (AvgIpc) is 2.37. The first kappa shape index (κ1) is 13.7. The molecular weight excluding hydrogens is 238 g/mol. The summed E-state index contributed by atoms with van der Waals surface area (Å²) in [6.45, 7) is 2.31. The van der Waals surface area contributed by atoms with Gasteiger partial charge in [-0.3, -0.25) is 4.79 Å². The molecular formula is C15H23N3O. The Morgan fingerprint density at radius 3 is 2.68 bits per heavy atom. The molecule has 0 saturated heterocycles. The lowest BCUT2D eigenvalue weighted by Crippen LogP contribution is -2.36. The molecule has 1 amide bonds. The predicted octanol–water partition coefficient (Wildman–Crippen LogP) is 2.38. The molecule has 2 atom stereocenters. The zero-order chi connectivity index (χ0) is 14.0. The first-order valence-electron chi connectivity index (χ1n) is 6.91. The maximum absolute atomic E-state index is 11.1. The van der Waals surface area contributed by atoms with Crippen molar-refractivity contribution in [3.05, 3.63) is 23.8 Å². The highest BCUT2D eigenvalue weighted by Crippen LogP contribution is 2.32. The standard InChI is InChI=1S/C15H23N3O/c1-10-4-3-5-12(8-10)18(2)14-7-6-11(15(17)19)9-13(14)16/h6-7,9-10,12H,3-5,8,16H2,1-2H3,(H2,17,19). The van der Waals surface area contributed by atoms with Gasteiger partial charge in [0.05, 0.1) is 11.4 Å². The third-order valence-electron chi connectivity index (χ3n) is 4.15. The highest BCUT2D eigenvalue weighted by Gasteiger charge is 2.23. The molecule has 0 radical (unpaired) electrons.